The van der Waals surface area contributed by atoms with Crippen molar-refractivity contribution in [2.24, 2.45) is 12.5 Å². The van der Waals surface area contributed by atoms with Gasteiger partial charge in [0.2, 0.25) is 0 Å². The molecule has 3 heterocycles. The van der Waals surface area contributed by atoms with Crippen LogP contribution in [0.3, 0.4) is 0 Å². The number of aromatic nitrogens is 3. The van der Waals surface area contributed by atoms with Crippen LogP contribution in [0.15, 0.2) is 36.8 Å². The first kappa shape index (κ1) is 18.0. The Morgan fingerprint density at radius 3 is 2.63 bits per heavy atom. The third kappa shape index (κ3) is 3.44. The number of hydrogen-bond donors (Lipinski definition) is 0. The molecule has 27 heavy (non-hydrogen) atoms. The molecule has 0 atom stereocenters. The molecule has 0 N–H and O–H groups in total. The van der Waals surface area contributed by atoms with E-state index in [1.165, 1.54) is 29.9 Å². The maximum absolute atomic E-state index is 4.62. The zero-order chi connectivity index (χ0) is 19.2. The third-order valence-electron chi connectivity index (χ3n) is 5.54. The van der Waals surface area contributed by atoms with Crippen molar-refractivity contribution in [2.75, 3.05) is 25.0 Å². The second-order valence-electron chi connectivity index (χ2n) is 8.57. The molecule has 3 aromatic rings. The zero-order valence-electron chi connectivity index (χ0n) is 17.0. The summed E-state index contributed by atoms with van der Waals surface area (Å²) in [5.74, 6) is 0.943. The third-order valence-corrected chi connectivity index (χ3v) is 5.54. The van der Waals surface area contributed by atoms with Crippen LogP contribution in [0.2, 0.25) is 0 Å². The highest BCUT2D eigenvalue weighted by molar-refractivity contribution is 5.79. The van der Waals surface area contributed by atoms with E-state index in [0.717, 1.165) is 29.8 Å². The fourth-order valence-corrected chi connectivity index (χ4v) is 4.21. The van der Waals surface area contributed by atoms with Gasteiger partial charge in [0.25, 0.3) is 0 Å². The molecule has 0 spiro atoms. The van der Waals surface area contributed by atoms with E-state index in [2.05, 4.69) is 71.9 Å². The molecule has 5 nitrogen and oxygen atoms in total. The van der Waals surface area contributed by atoms with Crippen LogP contribution in [0, 0.1) is 5.41 Å². The molecule has 1 saturated heterocycles. The SMILES string of the molecule is CCc1cc(CN2CC(C)(C)C2)ccc1N(C)c1cc2c(cn1)ncn2C. The average molecular weight is 364 g/mol. The Labute approximate surface area is 161 Å². The van der Waals surface area contributed by atoms with Gasteiger partial charge in [-0.3, -0.25) is 4.90 Å². The van der Waals surface area contributed by atoms with Crippen molar-refractivity contribution in [1.82, 2.24) is 19.4 Å². The van der Waals surface area contributed by atoms with Crippen LogP contribution >= 0.6 is 0 Å². The van der Waals surface area contributed by atoms with Crippen LogP contribution < -0.4 is 4.90 Å². The second kappa shape index (κ2) is 6.64. The zero-order valence-corrected chi connectivity index (χ0v) is 17.0. The van der Waals surface area contributed by atoms with Gasteiger partial charge in [0.1, 0.15) is 11.3 Å². The molecule has 2 aromatic heterocycles. The van der Waals surface area contributed by atoms with Crippen molar-refractivity contribution in [1.29, 1.82) is 0 Å². The number of hydrogen-bond acceptors (Lipinski definition) is 4. The summed E-state index contributed by atoms with van der Waals surface area (Å²) in [5, 5.41) is 0. The van der Waals surface area contributed by atoms with Crippen LogP contribution in [0.25, 0.3) is 11.0 Å². The molecule has 0 saturated carbocycles. The van der Waals surface area contributed by atoms with E-state index in [9.17, 15) is 0 Å². The van der Waals surface area contributed by atoms with Gasteiger partial charge in [0, 0.05) is 45.5 Å². The van der Waals surface area contributed by atoms with Crippen molar-refractivity contribution in [3.63, 3.8) is 0 Å². The lowest BCUT2D eigenvalue weighted by molar-refractivity contribution is 0.0242. The number of pyridine rings is 1. The van der Waals surface area contributed by atoms with Crippen LogP contribution in [-0.4, -0.2) is 39.6 Å². The first-order valence-corrected chi connectivity index (χ1v) is 9.71. The molecule has 142 valence electrons. The fourth-order valence-electron chi connectivity index (χ4n) is 4.21. The van der Waals surface area contributed by atoms with Gasteiger partial charge in [-0.2, -0.15) is 0 Å². The van der Waals surface area contributed by atoms with E-state index in [1.807, 2.05) is 24.1 Å². The number of likely N-dealkylation sites (tertiary alicyclic amines) is 1. The highest BCUT2D eigenvalue weighted by atomic mass is 15.2. The Hall–Kier alpha value is -2.40. The van der Waals surface area contributed by atoms with Crippen LogP contribution in [-0.2, 0) is 20.0 Å². The molecule has 0 unspecified atom stereocenters. The maximum Gasteiger partial charge on any atom is 0.134 e. The van der Waals surface area contributed by atoms with Crippen molar-refractivity contribution in [3.8, 4) is 0 Å². The summed E-state index contributed by atoms with van der Waals surface area (Å²) in [6.45, 7) is 10.3. The van der Waals surface area contributed by atoms with Gasteiger partial charge >= 0.3 is 0 Å². The minimum absolute atomic E-state index is 0.476. The number of fused-ring (bicyclic) bond motifs is 1. The normalized spacial score (nSPS) is 16.5. The summed E-state index contributed by atoms with van der Waals surface area (Å²) in [7, 11) is 4.11. The minimum atomic E-state index is 0.476. The average Bonchev–Trinajstić information content (AvgIpc) is 3.00. The number of aryl methyl sites for hydroxylation is 2. The summed E-state index contributed by atoms with van der Waals surface area (Å²) < 4.78 is 2.03. The Balaban J connectivity index is 1.59. The highest BCUT2D eigenvalue weighted by Gasteiger charge is 2.33. The van der Waals surface area contributed by atoms with Gasteiger partial charge in [0.05, 0.1) is 18.0 Å². The molecule has 1 aliphatic heterocycles. The lowest BCUT2D eigenvalue weighted by Crippen LogP contribution is -2.52. The van der Waals surface area contributed by atoms with Crippen LogP contribution in [0.1, 0.15) is 31.9 Å². The fraction of sp³-hybridized carbons (Fsp3) is 0.455. The molecule has 1 aliphatic rings. The topological polar surface area (TPSA) is 37.2 Å². The number of imidazole rings is 1. The maximum atomic E-state index is 4.62. The van der Waals surface area contributed by atoms with E-state index in [1.54, 1.807) is 0 Å². The molecule has 1 fully saturated rings. The smallest absolute Gasteiger partial charge is 0.134 e. The van der Waals surface area contributed by atoms with Crippen molar-refractivity contribution in [3.05, 3.63) is 47.9 Å². The van der Waals surface area contributed by atoms with Crippen molar-refractivity contribution in [2.45, 2.75) is 33.7 Å². The number of nitrogens with zero attached hydrogens (tertiary/aromatic N) is 5. The Morgan fingerprint density at radius 1 is 1.15 bits per heavy atom. The van der Waals surface area contributed by atoms with Crippen molar-refractivity contribution >= 4 is 22.5 Å². The molecule has 0 radical (unpaired) electrons. The number of rotatable bonds is 5. The first-order valence-electron chi connectivity index (χ1n) is 9.71. The predicted molar refractivity (Wildman–Crippen MR) is 111 cm³/mol. The van der Waals surface area contributed by atoms with Crippen LogP contribution in [0.4, 0.5) is 11.5 Å². The quantitative estimate of drug-likeness (QED) is 0.683. The van der Waals surface area contributed by atoms with E-state index in [0.29, 0.717) is 5.41 Å². The van der Waals surface area contributed by atoms with Gasteiger partial charge < -0.3 is 9.47 Å². The lowest BCUT2D eigenvalue weighted by atomic mass is 9.84. The molecular formula is C22H29N5. The molecule has 0 aliphatic carbocycles. The highest BCUT2D eigenvalue weighted by Crippen LogP contribution is 2.32. The van der Waals surface area contributed by atoms with E-state index in [-0.39, 0.29) is 0 Å². The molecule has 0 amide bonds. The molecule has 5 heteroatoms. The van der Waals surface area contributed by atoms with Gasteiger partial charge in [0.15, 0.2) is 0 Å². The van der Waals surface area contributed by atoms with E-state index >= 15 is 0 Å². The van der Waals surface area contributed by atoms with E-state index < -0.39 is 0 Å². The Kier molecular flexibility index (Phi) is 4.42. The number of benzene rings is 1. The van der Waals surface area contributed by atoms with Gasteiger partial charge in [-0.05, 0) is 29.0 Å². The molecule has 0 bridgehead atoms. The largest absolute Gasteiger partial charge is 0.334 e. The van der Waals surface area contributed by atoms with Crippen molar-refractivity contribution < 1.29 is 0 Å². The Morgan fingerprint density at radius 2 is 1.93 bits per heavy atom. The molecule has 4 rings (SSSR count). The minimum Gasteiger partial charge on any atom is -0.334 e. The predicted octanol–water partition coefficient (Wildman–Crippen LogP) is 4.14. The molecular weight excluding hydrogens is 334 g/mol. The van der Waals surface area contributed by atoms with E-state index in [4.69, 9.17) is 0 Å². The summed E-state index contributed by atoms with van der Waals surface area (Å²) in [6, 6.07) is 8.98. The molecule has 1 aromatic carbocycles. The Bertz CT molecular complexity index is 964. The monoisotopic (exact) mass is 363 g/mol. The summed E-state index contributed by atoms with van der Waals surface area (Å²) >= 11 is 0. The second-order valence-corrected chi connectivity index (χ2v) is 8.57. The van der Waals surface area contributed by atoms with Gasteiger partial charge in [-0.15, -0.1) is 0 Å². The van der Waals surface area contributed by atoms with Gasteiger partial charge in [-0.1, -0.05) is 32.9 Å². The summed E-state index contributed by atoms with van der Waals surface area (Å²) in [6.07, 6.45) is 4.69. The summed E-state index contributed by atoms with van der Waals surface area (Å²) in [4.78, 5) is 13.7. The van der Waals surface area contributed by atoms with Crippen LogP contribution in [0.5, 0.6) is 0 Å². The standard InChI is InChI=1S/C22H29N5/c1-6-17-9-16(12-27-13-22(2,3)14-27)7-8-19(17)26(5)21-10-20-18(11-23-21)24-15-25(20)4/h7-11,15H,6,12-14H2,1-5H3. The summed E-state index contributed by atoms with van der Waals surface area (Å²) in [5.41, 5.74) is 6.49. The first-order chi connectivity index (χ1) is 12.9. The number of anilines is 2. The van der Waals surface area contributed by atoms with Gasteiger partial charge in [-0.25, -0.2) is 9.97 Å². The lowest BCUT2D eigenvalue weighted by Gasteiger charge is -2.46.